The second-order valence-electron chi connectivity index (χ2n) is 10.3. The quantitative estimate of drug-likeness (QED) is 0.218. The molecule has 0 radical (unpaired) electrons. The summed E-state index contributed by atoms with van der Waals surface area (Å²) in [5.41, 5.74) is 9.98. The third-order valence-electron chi connectivity index (χ3n) is 8.18. The van der Waals surface area contributed by atoms with Gasteiger partial charge in [-0.2, -0.15) is 0 Å². The molecule has 0 aliphatic heterocycles. The molecule has 0 spiro atoms. The van der Waals surface area contributed by atoms with E-state index in [1.54, 1.807) is 0 Å². The van der Waals surface area contributed by atoms with Crippen LogP contribution in [0.2, 0.25) is 0 Å². The summed E-state index contributed by atoms with van der Waals surface area (Å²) in [5, 5.41) is 6.04. The van der Waals surface area contributed by atoms with Gasteiger partial charge in [-0.1, -0.05) is 72.8 Å². The van der Waals surface area contributed by atoms with Crippen LogP contribution >= 0.6 is 0 Å². The average molecular weight is 511 g/mol. The van der Waals surface area contributed by atoms with Crippen molar-refractivity contribution in [3.05, 3.63) is 134 Å². The third-order valence-corrected chi connectivity index (χ3v) is 8.18. The summed E-state index contributed by atoms with van der Waals surface area (Å²) in [6.07, 6.45) is 3.69. The minimum absolute atomic E-state index is 0.985. The molecule has 0 bridgehead atoms. The normalized spacial score (nSPS) is 12.0. The Hall–Kier alpha value is -5.48. The van der Waals surface area contributed by atoms with Crippen LogP contribution in [-0.4, -0.2) is 18.9 Å². The van der Waals surface area contributed by atoms with Crippen molar-refractivity contribution >= 4 is 60.2 Å². The molecule has 0 fully saturated rings. The van der Waals surface area contributed by atoms with Crippen LogP contribution in [0.3, 0.4) is 0 Å². The molecular formula is C36H22N4. The van der Waals surface area contributed by atoms with Gasteiger partial charge in [0.1, 0.15) is 11.2 Å². The van der Waals surface area contributed by atoms with E-state index in [0.717, 1.165) is 44.4 Å². The first kappa shape index (κ1) is 21.5. The highest BCUT2D eigenvalue weighted by molar-refractivity contribution is 6.20. The van der Waals surface area contributed by atoms with Gasteiger partial charge in [-0.15, -0.1) is 0 Å². The van der Waals surface area contributed by atoms with E-state index in [0.29, 0.717) is 0 Å². The van der Waals surface area contributed by atoms with Gasteiger partial charge >= 0.3 is 0 Å². The molecule has 4 nitrogen and oxygen atoms in total. The first-order valence-corrected chi connectivity index (χ1v) is 13.5. The van der Waals surface area contributed by atoms with Crippen molar-refractivity contribution in [2.45, 2.75) is 0 Å². The molecule has 4 heterocycles. The maximum atomic E-state index is 5.42. The van der Waals surface area contributed by atoms with Crippen molar-refractivity contribution < 1.29 is 0 Å². The molecule has 9 rings (SSSR count). The van der Waals surface area contributed by atoms with Gasteiger partial charge < -0.3 is 4.57 Å². The Labute approximate surface area is 229 Å². The summed E-state index contributed by atoms with van der Waals surface area (Å²) in [6, 6.07) is 43.3. The van der Waals surface area contributed by atoms with E-state index >= 15 is 0 Å². The number of pyridine rings is 2. The molecule has 40 heavy (non-hydrogen) atoms. The smallest absolute Gasteiger partial charge is 0.146 e. The van der Waals surface area contributed by atoms with Crippen molar-refractivity contribution in [1.29, 1.82) is 0 Å². The lowest BCUT2D eigenvalue weighted by molar-refractivity contribution is 1.18. The van der Waals surface area contributed by atoms with E-state index in [-0.39, 0.29) is 0 Å². The topological polar surface area (TPSA) is 35.1 Å². The summed E-state index contributed by atoms with van der Waals surface area (Å²) in [7, 11) is 0. The molecule has 186 valence electrons. The SMILES string of the molecule is c1cc(-c2ccncc2)cc(-n2c3ccccc3c3ccc4c(nc5c6ccccc6c6ccccc6n45)c32)c1. The minimum atomic E-state index is 0.985. The average Bonchev–Trinajstić information content (AvgIpc) is 3.59. The largest absolute Gasteiger partial charge is 0.307 e. The highest BCUT2D eigenvalue weighted by Crippen LogP contribution is 2.39. The second-order valence-corrected chi connectivity index (χ2v) is 10.3. The summed E-state index contributed by atoms with van der Waals surface area (Å²) in [5.74, 6) is 0. The molecule has 4 heteroatoms. The van der Waals surface area contributed by atoms with E-state index in [9.17, 15) is 0 Å². The molecule has 0 atom stereocenters. The maximum absolute atomic E-state index is 5.42. The second kappa shape index (κ2) is 8.01. The minimum Gasteiger partial charge on any atom is -0.307 e. The molecule has 0 saturated heterocycles. The predicted octanol–water partition coefficient (Wildman–Crippen LogP) is 8.95. The van der Waals surface area contributed by atoms with Gasteiger partial charge in [-0.05, 0) is 65.0 Å². The van der Waals surface area contributed by atoms with Gasteiger partial charge in [0.2, 0.25) is 0 Å². The van der Waals surface area contributed by atoms with Crippen LogP contribution in [0, 0.1) is 0 Å². The molecule has 0 amide bonds. The van der Waals surface area contributed by atoms with Crippen LogP contribution < -0.4 is 0 Å². The molecular weight excluding hydrogens is 488 g/mol. The van der Waals surface area contributed by atoms with Crippen LogP contribution in [0.5, 0.6) is 0 Å². The fraction of sp³-hybridized carbons (Fsp3) is 0. The van der Waals surface area contributed by atoms with Gasteiger partial charge in [0.05, 0.1) is 22.1 Å². The number of benzene rings is 5. The number of rotatable bonds is 2. The Morgan fingerprint density at radius 1 is 0.475 bits per heavy atom. The zero-order valence-electron chi connectivity index (χ0n) is 21.5. The van der Waals surface area contributed by atoms with Crippen molar-refractivity contribution in [3.63, 3.8) is 0 Å². The molecule has 0 aliphatic rings. The van der Waals surface area contributed by atoms with E-state index in [1.807, 2.05) is 12.4 Å². The number of nitrogens with zero attached hydrogens (tertiary/aromatic N) is 4. The summed E-state index contributed by atoms with van der Waals surface area (Å²) >= 11 is 0. The highest BCUT2D eigenvalue weighted by Gasteiger charge is 2.20. The Morgan fingerprint density at radius 2 is 1.18 bits per heavy atom. The highest BCUT2D eigenvalue weighted by atomic mass is 15.1. The van der Waals surface area contributed by atoms with Gasteiger partial charge in [-0.3, -0.25) is 9.38 Å². The standard InChI is InChI=1S/C36H22N4/c1-2-13-30-26(10-1)27-11-3-6-15-32(27)40-33-17-16-29-28-12-4-5-14-31(28)39(35(29)34(33)38-36(30)40)25-9-7-8-24(22-25)23-18-20-37-21-19-23/h1-22H. The van der Waals surface area contributed by atoms with Crippen LogP contribution in [0.4, 0.5) is 0 Å². The van der Waals surface area contributed by atoms with Gasteiger partial charge in [0.25, 0.3) is 0 Å². The van der Waals surface area contributed by atoms with Crippen LogP contribution in [-0.2, 0) is 0 Å². The van der Waals surface area contributed by atoms with Crippen molar-refractivity contribution in [1.82, 2.24) is 18.9 Å². The Bertz CT molecular complexity index is 2430. The Kier molecular flexibility index (Phi) is 4.30. The number of imidazole rings is 1. The molecule has 4 aromatic heterocycles. The van der Waals surface area contributed by atoms with Crippen molar-refractivity contribution in [2.75, 3.05) is 0 Å². The number of para-hydroxylation sites is 2. The predicted molar refractivity (Wildman–Crippen MR) is 165 cm³/mol. The molecule has 9 aromatic rings. The van der Waals surface area contributed by atoms with Crippen LogP contribution in [0.25, 0.3) is 77.0 Å². The lowest BCUT2D eigenvalue weighted by Crippen LogP contribution is -1.95. The third kappa shape index (κ3) is 2.85. The molecule has 5 aromatic carbocycles. The summed E-state index contributed by atoms with van der Waals surface area (Å²) < 4.78 is 4.72. The lowest BCUT2D eigenvalue weighted by atomic mass is 10.1. The summed E-state index contributed by atoms with van der Waals surface area (Å²) in [4.78, 5) is 9.62. The first-order valence-electron chi connectivity index (χ1n) is 13.5. The van der Waals surface area contributed by atoms with E-state index in [4.69, 9.17) is 4.98 Å². The zero-order valence-corrected chi connectivity index (χ0v) is 21.5. The van der Waals surface area contributed by atoms with E-state index in [1.165, 1.54) is 32.6 Å². The lowest BCUT2D eigenvalue weighted by Gasteiger charge is -2.11. The number of aromatic nitrogens is 4. The van der Waals surface area contributed by atoms with E-state index < -0.39 is 0 Å². The van der Waals surface area contributed by atoms with Gasteiger partial charge in [-0.25, -0.2) is 4.98 Å². The number of fused-ring (bicyclic) bond motifs is 12. The van der Waals surface area contributed by atoms with Gasteiger partial charge in [0.15, 0.2) is 0 Å². The van der Waals surface area contributed by atoms with Gasteiger partial charge in [0, 0.05) is 39.6 Å². The Balaban J connectivity index is 1.48. The van der Waals surface area contributed by atoms with E-state index in [2.05, 4.69) is 135 Å². The van der Waals surface area contributed by atoms with Crippen molar-refractivity contribution in [3.8, 4) is 16.8 Å². The number of hydrogen-bond donors (Lipinski definition) is 0. The van der Waals surface area contributed by atoms with Crippen molar-refractivity contribution in [2.24, 2.45) is 0 Å². The molecule has 0 saturated carbocycles. The molecule has 0 unspecified atom stereocenters. The monoisotopic (exact) mass is 510 g/mol. The van der Waals surface area contributed by atoms with Crippen LogP contribution in [0.15, 0.2) is 134 Å². The summed E-state index contributed by atoms with van der Waals surface area (Å²) in [6.45, 7) is 0. The number of hydrogen-bond acceptors (Lipinski definition) is 2. The molecule has 0 aliphatic carbocycles. The fourth-order valence-electron chi connectivity index (χ4n) is 6.46. The fourth-order valence-corrected chi connectivity index (χ4v) is 6.46. The Morgan fingerprint density at radius 3 is 2.00 bits per heavy atom. The van der Waals surface area contributed by atoms with Crippen LogP contribution in [0.1, 0.15) is 0 Å². The maximum Gasteiger partial charge on any atom is 0.146 e. The first-order chi connectivity index (χ1) is 19.9. The zero-order chi connectivity index (χ0) is 26.2. The molecule has 0 N–H and O–H groups in total.